The quantitative estimate of drug-likeness (QED) is 0.123. The van der Waals surface area contributed by atoms with E-state index in [-0.39, 0.29) is 42.5 Å². The van der Waals surface area contributed by atoms with E-state index in [1.165, 1.54) is 24.3 Å². The maximum atomic E-state index is 7.59. The smallest absolute Gasteiger partial charge is 0.198 e. The zero-order valence-electron chi connectivity index (χ0n) is 32.8. The van der Waals surface area contributed by atoms with Crippen LogP contribution in [0.2, 0.25) is 0 Å². The van der Waals surface area contributed by atoms with E-state index in [4.69, 9.17) is 28.3 Å². The van der Waals surface area contributed by atoms with Gasteiger partial charge in [0.2, 0.25) is 0 Å². The summed E-state index contributed by atoms with van der Waals surface area (Å²) in [7, 11) is 0. The van der Waals surface area contributed by atoms with Gasteiger partial charge in [0.05, 0.1) is 23.3 Å². The maximum absolute atomic E-state index is 7.59. The number of pyridine rings is 2. The molecular formula is C40H26IrN4O-2. The fourth-order valence-corrected chi connectivity index (χ4v) is 5.81. The van der Waals surface area contributed by atoms with Gasteiger partial charge in [-0.25, -0.2) is 4.85 Å². The molecule has 5 nitrogen and oxygen atoms in total. The molecule has 0 unspecified atom stereocenters. The van der Waals surface area contributed by atoms with Crippen molar-refractivity contribution in [2.45, 2.75) is 20.6 Å². The maximum Gasteiger partial charge on any atom is 0.198 e. The van der Waals surface area contributed by atoms with E-state index in [0.717, 1.165) is 66.5 Å². The third kappa shape index (κ3) is 4.73. The van der Waals surface area contributed by atoms with Gasteiger partial charge in [-0.3, -0.25) is 4.98 Å². The first kappa shape index (κ1) is 20.6. The number of aryl methyl sites for hydroxylation is 3. The summed E-state index contributed by atoms with van der Waals surface area (Å²) in [5.41, 5.74) is 6.10. The van der Waals surface area contributed by atoms with Crippen molar-refractivity contribution in [1.82, 2.24) is 14.4 Å². The molecule has 6 heteroatoms. The second-order valence-corrected chi connectivity index (χ2v) is 10.6. The van der Waals surface area contributed by atoms with Gasteiger partial charge in [-0.2, -0.15) is 0 Å². The molecule has 0 fully saturated rings. The predicted molar refractivity (Wildman–Crippen MR) is 183 cm³/mol. The topological polar surface area (TPSA) is 47.7 Å². The molecule has 0 amide bonds. The molecule has 9 rings (SSSR count). The second kappa shape index (κ2) is 11.5. The number of furan rings is 1. The Morgan fingerprint density at radius 2 is 1.74 bits per heavy atom. The van der Waals surface area contributed by atoms with Crippen LogP contribution in [0.3, 0.4) is 0 Å². The number of hydrogen-bond acceptors (Lipinski definition) is 3. The molecule has 46 heavy (non-hydrogen) atoms. The van der Waals surface area contributed by atoms with Gasteiger partial charge in [-0.15, -0.1) is 65.0 Å². The molecule has 5 aromatic carbocycles. The van der Waals surface area contributed by atoms with E-state index in [9.17, 15) is 0 Å². The Morgan fingerprint density at radius 1 is 0.826 bits per heavy atom. The molecule has 0 aliphatic heterocycles. The monoisotopic (exact) mass is 780 g/mol. The second-order valence-electron chi connectivity index (χ2n) is 10.6. The van der Waals surface area contributed by atoms with Gasteiger partial charge in [0.1, 0.15) is 11.2 Å². The van der Waals surface area contributed by atoms with Crippen LogP contribution in [-0.2, 0) is 20.1 Å². The summed E-state index contributed by atoms with van der Waals surface area (Å²) < 4.78 is 75.3. The third-order valence-electron chi connectivity index (χ3n) is 7.88. The van der Waals surface area contributed by atoms with E-state index in [2.05, 4.69) is 50.6 Å². The Balaban J connectivity index is 0.000000171. The minimum absolute atomic E-state index is 0. The molecule has 0 N–H and O–H groups in total. The number of hydrogen-bond donors (Lipinski definition) is 0. The van der Waals surface area contributed by atoms with E-state index in [1.54, 1.807) is 0 Å². The van der Waals surface area contributed by atoms with Crippen molar-refractivity contribution in [3.05, 3.63) is 143 Å². The van der Waals surface area contributed by atoms with Gasteiger partial charge in [0.15, 0.2) is 5.69 Å². The zero-order chi connectivity index (χ0) is 38.2. The molecule has 0 saturated heterocycles. The molecule has 4 aromatic heterocycles. The molecule has 4 heterocycles. The minimum Gasteiger partial charge on any atom is -0.457 e. The summed E-state index contributed by atoms with van der Waals surface area (Å²) in [5, 5.41) is 4.96. The molecule has 0 bridgehead atoms. The summed E-state index contributed by atoms with van der Waals surface area (Å²) in [4.78, 5) is 12.6. The third-order valence-corrected chi connectivity index (χ3v) is 7.88. The van der Waals surface area contributed by atoms with E-state index < -0.39 is 20.6 Å². The molecule has 0 aliphatic carbocycles. The van der Waals surface area contributed by atoms with Crippen LogP contribution in [0.15, 0.2) is 108 Å². The van der Waals surface area contributed by atoms with Crippen molar-refractivity contribution in [3.63, 3.8) is 0 Å². The molecular weight excluding hydrogens is 745 g/mol. The Bertz CT molecular complexity index is 2980. The van der Waals surface area contributed by atoms with Crippen LogP contribution in [-0.4, -0.2) is 14.4 Å². The predicted octanol–water partition coefficient (Wildman–Crippen LogP) is 10.5. The summed E-state index contributed by atoms with van der Waals surface area (Å²) in [6.07, 6.45) is 1.02. The Hall–Kier alpha value is -5.34. The standard InChI is InChI=1S/C26H12N3O.C14H14N.Ir/c1-27-20-10-6-12-23-25(20)18-13-22-17(14-24(18)30-23)15-7-2-3-8-16(15)26-28-19-9-4-5-11-21(19)29(22)26;1-10-4-6-13(7-5-10)14-8-11(2)12(3)9-15-14;/h2-7,9-14H;4-6,8-9H,1-3H3;/q2*-1;/i;1D3,2D3,3D3;. The minimum atomic E-state index is -2.61. The van der Waals surface area contributed by atoms with Crippen LogP contribution in [0, 0.1) is 39.3 Å². The molecule has 0 spiro atoms. The number of rotatable bonds is 1. The van der Waals surface area contributed by atoms with Crippen LogP contribution in [0.25, 0.3) is 76.4 Å². The first-order chi connectivity index (χ1) is 25.6. The first-order valence-electron chi connectivity index (χ1n) is 18.5. The fourth-order valence-electron chi connectivity index (χ4n) is 5.81. The zero-order valence-corrected chi connectivity index (χ0v) is 26.2. The van der Waals surface area contributed by atoms with E-state index in [0.29, 0.717) is 11.3 Å². The average Bonchev–Trinajstić information content (AvgIpc) is 3.72. The van der Waals surface area contributed by atoms with Crippen molar-refractivity contribution < 1.29 is 36.9 Å². The molecule has 0 saturated carbocycles. The Kier molecular flexibility index (Phi) is 5.18. The first-order valence-corrected chi connectivity index (χ1v) is 14.0. The summed E-state index contributed by atoms with van der Waals surface area (Å²) >= 11 is 0. The molecule has 0 atom stereocenters. The fraction of sp³-hybridized carbons (Fsp3) is 0.0750. The SMILES string of the molecule is [2H]C([2H])([2H])c1c[c-]c(-c2cc(C([2H])([2H])[2H])c(C([2H])([2H])[2H])cn2)cc1.[C-]#[N+]c1cccc2oc3cc4c5ccc[c-]c5c5nc6ccccc6n5c4cc3c12.[Ir]. The molecule has 0 aliphatic rings. The van der Waals surface area contributed by atoms with Crippen molar-refractivity contribution >= 4 is 66.0 Å². The largest absolute Gasteiger partial charge is 0.457 e. The van der Waals surface area contributed by atoms with Gasteiger partial charge in [-0.1, -0.05) is 48.1 Å². The van der Waals surface area contributed by atoms with E-state index in [1.807, 2.05) is 48.5 Å². The van der Waals surface area contributed by atoms with Gasteiger partial charge in [-0.05, 0) is 60.7 Å². The molecule has 223 valence electrons. The molecule has 1 radical (unpaired) electrons. The number of fused-ring (bicyclic) bond motifs is 11. The van der Waals surface area contributed by atoms with Gasteiger partial charge in [0, 0.05) is 54.9 Å². The number of benzene rings is 5. The summed E-state index contributed by atoms with van der Waals surface area (Å²) in [6, 6.07) is 35.5. The van der Waals surface area contributed by atoms with Crippen LogP contribution in [0.4, 0.5) is 5.69 Å². The van der Waals surface area contributed by atoms with Gasteiger partial charge in [0.25, 0.3) is 0 Å². The number of aromatic nitrogens is 3. The summed E-state index contributed by atoms with van der Waals surface area (Å²) in [6.45, 7) is 0.118. The van der Waals surface area contributed by atoms with E-state index >= 15 is 0 Å². The Labute approximate surface area is 291 Å². The van der Waals surface area contributed by atoms with Crippen LogP contribution >= 0.6 is 0 Å². The van der Waals surface area contributed by atoms with Crippen molar-refractivity contribution in [2.24, 2.45) is 0 Å². The average molecular weight is 780 g/mol. The molecule has 9 aromatic rings. The van der Waals surface area contributed by atoms with Crippen molar-refractivity contribution in [1.29, 1.82) is 0 Å². The van der Waals surface area contributed by atoms with Gasteiger partial charge >= 0.3 is 0 Å². The van der Waals surface area contributed by atoms with Crippen LogP contribution < -0.4 is 0 Å². The van der Waals surface area contributed by atoms with Gasteiger partial charge < -0.3 is 13.8 Å². The number of nitrogens with zero attached hydrogens (tertiary/aromatic N) is 4. The number of imidazole rings is 1. The number of para-hydroxylation sites is 2. The Morgan fingerprint density at radius 3 is 2.57 bits per heavy atom. The van der Waals surface area contributed by atoms with Crippen molar-refractivity contribution in [2.75, 3.05) is 0 Å². The normalized spacial score (nSPS) is 14.9. The van der Waals surface area contributed by atoms with Crippen LogP contribution in [0.5, 0.6) is 0 Å². The van der Waals surface area contributed by atoms with Crippen molar-refractivity contribution in [3.8, 4) is 11.3 Å². The summed E-state index contributed by atoms with van der Waals surface area (Å²) in [5.74, 6) is 0. The van der Waals surface area contributed by atoms with Crippen LogP contribution in [0.1, 0.15) is 29.0 Å².